The number of fused-ring (bicyclic) bond motifs is 2. The summed E-state index contributed by atoms with van der Waals surface area (Å²) in [4.78, 5) is 9.64. The van der Waals surface area contributed by atoms with Gasteiger partial charge in [0.2, 0.25) is 0 Å². The summed E-state index contributed by atoms with van der Waals surface area (Å²) >= 11 is 6.51. The van der Waals surface area contributed by atoms with Gasteiger partial charge in [0.05, 0.1) is 22.5 Å². The maximum Gasteiger partial charge on any atom is 0.132 e. The van der Waals surface area contributed by atoms with E-state index < -0.39 is 0 Å². The second kappa shape index (κ2) is 5.63. The first-order valence-corrected chi connectivity index (χ1v) is 8.70. The van der Waals surface area contributed by atoms with Gasteiger partial charge in [0, 0.05) is 21.9 Å². The van der Waals surface area contributed by atoms with Crippen LogP contribution in [0, 0.1) is 5.82 Å². The standard InChI is InChI=1S/C21H18ClFN2/c1-12-19-14(6-4-7-15(19)22)20(25-21(12,2)3)18-11-10-13-16(23)8-5-9-17(13)24-18/h4-12H,1-3H3. The zero-order valence-electron chi connectivity index (χ0n) is 14.3. The smallest absolute Gasteiger partial charge is 0.132 e. The molecule has 25 heavy (non-hydrogen) atoms. The average molecular weight is 353 g/mol. The number of pyridine rings is 1. The van der Waals surface area contributed by atoms with Crippen LogP contribution in [-0.2, 0) is 0 Å². The second-order valence-electron chi connectivity index (χ2n) is 7.04. The third-order valence-electron chi connectivity index (χ3n) is 5.12. The maximum absolute atomic E-state index is 13.9. The number of hydrogen-bond acceptors (Lipinski definition) is 2. The Morgan fingerprint density at radius 1 is 1.04 bits per heavy atom. The molecule has 1 unspecified atom stereocenters. The van der Waals surface area contributed by atoms with Gasteiger partial charge in [0.25, 0.3) is 0 Å². The van der Waals surface area contributed by atoms with Crippen LogP contribution >= 0.6 is 11.6 Å². The zero-order chi connectivity index (χ0) is 17.8. The molecule has 1 aromatic heterocycles. The summed E-state index contributed by atoms with van der Waals surface area (Å²) < 4.78 is 13.9. The van der Waals surface area contributed by atoms with Crippen LogP contribution < -0.4 is 0 Å². The normalized spacial score (nSPS) is 18.8. The second-order valence-corrected chi connectivity index (χ2v) is 7.45. The van der Waals surface area contributed by atoms with Crippen LogP contribution in [0.4, 0.5) is 4.39 Å². The quantitative estimate of drug-likeness (QED) is 0.546. The average Bonchev–Trinajstić information content (AvgIpc) is 2.58. The topological polar surface area (TPSA) is 25.2 Å². The van der Waals surface area contributed by atoms with Gasteiger partial charge in [-0.2, -0.15) is 0 Å². The van der Waals surface area contributed by atoms with Crippen LogP contribution in [0.5, 0.6) is 0 Å². The molecule has 2 heterocycles. The highest BCUT2D eigenvalue weighted by Gasteiger charge is 2.36. The lowest BCUT2D eigenvalue weighted by molar-refractivity contribution is 0.432. The van der Waals surface area contributed by atoms with E-state index in [1.165, 1.54) is 6.07 Å². The van der Waals surface area contributed by atoms with Crippen molar-refractivity contribution in [2.45, 2.75) is 32.2 Å². The van der Waals surface area contributed by atoms with E-state index in [1.807, 2.05) is 30.3 Å². The Labute approximate surface area is 151 Å². The van der Waals surface area contributed by atoms with Crippen molar-refractivity contribution in [3.05, 3.63) is 76.2 Å². The Kier molecular flexibility index (Phi) is 3.66. The molecule has 1 aliphatic heterocycles. The minimum atomic E-state index is -0.300. The number of rotatable bonds is 1. The first-order valence-electron chi connectivity index (χ1n) is 8.33. The third kappa shape index (κ3) is 2.54. The van der Waals surface area contributed by atoms with E-state index in [2.05, 4.69) is 25.8 Å². The molecule has 0 amide bonds. The SMILES string of the molecule is CC1c2c(Cl)cccc2C(c2ccc3c(F)cccc3n2)=NC1(C)C. The zero-order valence-corrected chi connectivity index (χ0v) is 15.1. The van der Waals surface area contributed by atoms with Gasteiger partial charge in [0.1, 0.15) is 5.82 Å². The Hall–Kier alpha value is -2.26. The van der Waals surface area contributed by atoms with Gasteiger partial charge in [-0.05, 0) is 49.7 Å². The predicted octanol–water partition coefficient (Wildman–Crippen LogP) is 5.76. The van der Waals surface area contributed by atoms with E-state index in [9.17, 15) is 4.39 Å². The minimum Gasteiger partial charge on any atom is -0.276 e. The van der Waals surface area contributed by atoms with E-state index in [1.54, 1.807) is 12.1 Å². The van der Waals surface area contributed by atoms with Crippen LogP contribution in [0.15, 0.2) is 53.5 Å². The Morgan fingerprint density at radius 3 is 2.60 bits per heavy atom. The molecular weight excluding hydrogens is 335 g/mol. The number of benzene rings is 2. The lowest BCUT2D eigenvalue weighted by atomic mass is 9.77. The highest BCUT2D eigenvalue weighted by molar-refractivity contribution is 6.32. The molecule has 0 saturated heterocycles. The van der Waals surface area contributed by atoms with Crippen LogP contribution in [0.2, 0.25) is 5.02 Å². The Morgan fingerprint density at radius 2 is 1.80 bits per heavy atom. The Balaban J connectivity index is 1.97. The largest absolute Gasteiger partial charge is 0.276 e. The van der Waals surface area contributed by atoms with E-state index in [0.717, 1.165) is 27.6 Å². The molecule has 0 bridgehead atoms. The fourth-order valence-electron chi connectivity index (χ4n) is 3.43. The highest BCUT2D eigenvalue weighted by Crippen LogP contribution is 2.42. The first-order chi connectivity index (χ1) is 11.9. The first kappa shape index (κ1) is 16.2. The van der Waals surface area contributed by atoms with Crippen molar-refractivity contribution in [1.82, 2.24) is 4.98 Å². The van der Waals surface area contributed by atoms with Gasteiger partial charge in [-0.25, -0.2) is 9.37 Å². The van der Waals surface area contributed by atoms with Crippen molar-refractivity contribution in [1.29, 1.82) is 0 Å². The third-order valence-corrected chi connectivity index (χ3v) is 5.45. The predicted molar refractivity (Wildman–Crippen MR) is 101 cm³/mol. The van der Waals surface area contributed by atoms with Crippen molar-refractivity contribution >= 4 is 28.2 Å². The van der Waals surface area contributed by atoms with E-state index >= 15 is 0 Å². The number of hydrogen-bond donors (Lipinski definition) is 0. The van der Waals surface area contributed by atoms with Gasteiger partial charge in [-0.3, -0.25) is 4.99 Å². The van der Waals surface area contributed by atoms with Crippen LogP contribution in [-0.4, -0.2) is 16.2 Å². The number of nitrogens with zero attached hydrogens (tertiary/aromatic N) is 2. The van der Waals surface area contributed by atoms with Crippen LogP contribution in [0.1, 0.15) is 43.5 Å². The molecule has 0 saturated carbocycles. The monoisotopic (exact) mass is 352 g/mol. The van der Waals surface area contributed by atoms with Gasteiger partial charge in [-0.1, -0.05) is 36.7 Å². The fraction of sp³-hybridized carbons (Fsp3) is 0.238. The van der Waals surface area contributed by atoms with E-state index in [4.69, 9.17) is 16.6 Å². The molecule has 1 aliphatic rings. The van der Waals surface area contributed by atoms with Gasteiger partial charge in [0.15, 0.2) is 0 Å². The summed E-state index contributed by atoms with van der Waals surface area (Å²) in [6, 6.07) is 14.4. The molecule has 0 spiro atoms. The minimum absolute atomic E-state index is 0.192. The molecule has 3 aromatic rings. The van der Waals surface area contributed by atoms with Gasteiger partial charge >= 0.3 is 0 Å². The van der Waals surface area contributed by atoms with Crippen molar-refractivity contribution < 1.29 is 4.39 Å². The Bertz CT molecular complexity index is 1020. The summed E-state index contributed by atoms with van der Waals surface area (Å²) in [6.45, 7) is 6.35. The molecule has 2 aromatic carbocycles. The molecule has 1 atom stereocenters. The molecular formula is C21H18ClFN2. The van der Waals surface area contributed by atoms with Gasteiger partial charge < -0.3 is 0 Å². The molecule has 2 nitrogen and oxygen atoms in total. The summed E-state index contributed by atoms with van der Waals surface area (Å²) in [5.74, 6) is -0.0719. The molecule has 0 fully saturated rings. The van der Waals surface area contributed by atoms with Crippen molar-refractivity contribution in [3.63, 3.8) is 0 Å². The lowest BCUT2D eigenvalue weighted by Crippen LogP contribution is -2.33. The highest BCUT2D eigenvalue weighted by atomic mass is 35.5. The maximum atomic E-state index is 13.9. The summed E-state index contributed by atoms with van der Waals surface area (Å²) in [5.41, 5.74) is 3.97. The van der Waals surface area contributed by atoms with Crippen molar-refractivity contribution in [2.75, 3.05) is 0 Å². The molecule has 126 valence electrons. The molecule has 0 aliphatic carbocycles. The van der Waals surface area contributed by atoms with Crippen molar-refractivity contribution in [3.8, 4) is 0 Å². The lowest BCUT2D eigenvalue weighted by Gasteiger charge is -2.36. The number of aliphatic imine (C=N–C) groups is 1. The molecule has 0 N–H and O–H groups in total. The fourth-order valence-corrected chi connectivity index (χ4v) is 3.76. The van der Waals surface area contributed by atoms with E-state index in [-0.39, 0.29) is 17.3 Å². The van der Waals surface area contributed by atoms with E-state index in [0.29, 0.717) is 10.9 Å². The van der Waals surface area contributed by atoms with Crippen LogP contribution in [0.3, 0.4) is 0 Å². The number of aromatic nitrogens is 1. The molecule has 4 heteroatoms. The van der Waals surface area contributed by atoms with Crippen molar-refractivity contribution in [2.24, 2.45) is 4.99 Å². The molecule has 0 radical (unpaired) electrons. The summed E-state index contributed by atoms with van der Waals surface area (Å²) in [7, 11) is 0. The van der Waals surface area contributed by atoms with Gasteiger partial charge in [-0.15, -0.1) is 0 Å². The number of halogens is 2. The van der Waals surface area contributed by atoms with Crippen LogP contribution in [0.25, 0.3) is 10.9 Å². The summed E-state index contributed by atoms with van der Waals surface area (Å²) in [5, 5.41) is 1.26. The summed E-state index contributed by atoms with van der Waals surface area (Å²) in [6.07, 6.45) is 0. The molecule has 4 rings (SSSR count).